The third-order valence-electron chi connectivity index (χ3n) is 2.14. The summed E-state index contributed by atoms with van der Waals surface area (Å²) in [5.74, 6) is -2.71. The standard InChI is InChI=1S/C7H9F3O6S.C6H10O4/c1-14-4-5(3-6(11)15-2)16-17(12,13)7(8,9)10;1-9-4-5(7)3-6(8)10-2/h3H,4H2,1-2H3;3-4H2,1-2H3/b5-3-;. The molecular weight excluding hydrogens is 405 g/mol. The van der Waals surface area contributed by atoms with E-state index >= 15 is 0 Å². The van der Waals surface area contributed by atoms with Crippen LogP contribution >= 0.6 is 0 Å². The number of ether oxygens (including phenoxy) is 4. The number of methoxy groups -OCH3 is 4. The Labute approximate surface area is 153 Å². The Morgan fingerprint density at radius 3 is 1.81 bits per heavy atom. The predicted octanol–water partition coefficient (Wildman–Crippen LogP) is 0.321. The number of hydrogen-bond donors (Lipinski definition) is 0. The average molecular weight is 424 g/mol. The molecule has 0 atom stereocenters. The van der Waals surface area contributed by atoms with Crippen molar-refractivity contribution in [2.45, 2.75) is 11.9 Å². The fraction of sp³-hybridized carbons (Fsp3) is 0.615. The molecule has 0 aromatic rings. The van der Waals surface area contributed by atoms with Gasteiger partial charge in [0.15, 0.2) is 11.5 Å². The number of carbonyl (C=O) groups excluding carboxylic acids is 3. The Morgan fingerprint density at radius 1 is 0.926 bits per heavy atom. The summed E-state index contributed by atoms with van der Waals surface area (Å²) in [4.78, 5) is 31.7. The molecule has 158 valence electrons. The monoisotopic (exact) mass is 424 g/mol. The van der Waals surface area contributed by atoms with Crippen LogP contribution in [0.3, 0.4) is 0 Å². The number of halogens is 3. The van der Waals surface area contributed by atoms with Gasteiger partial charge in [-0.15, -0.1) is 0 Å². The van der Waals surface area contributed by atoms with Crippen LogP contribution in [0.2, 0.25) is 0 Å². The summed E-state index contributed by atoms with van der Waals surface area (Å²) in [7, 11) is -1.15. The summed E-state index contributed by atoms with van der Waals surface area (Å²) >= 11 is 0. The van der Waals surface area contributed by atoms with Crippen molar-refractivity contribution >= 4 is 27.8 Å². The van der Waals surface area contributed by atoms with Crippen molar-refractivity contribution in [2.24, 2.45) is 0 Å². The molecule has 0 spiro atoms. The lowest BCUT2D eigenvalue weighted by Crippen LogP contribution is -2.26. The van der Waals surface area contributed by atoms with Gasteiger partial charge in [-0.25, -0.2) is 4.79 Å². The van der Waals surface area contributed by atoms with Crippen molar-refractivity contribution in [1.29, 1.82) is 0 Å². The summed E-state index contributed by atoms with van der Waals surface area (Å²) in [5.41, 5.74) is -5.59. The Balaban J connectivity index is 0. The van der Waals surface area contributed by atoms with E-state index in [0.29, 0.717) is 6.08 Å². The highest BCUT2D eigenvalue weighted by molar-refractivity contribution is 7.87. The molecule has 0 aliphatic heterocycles. The molecule has 0 fully saturated rings. The number of alkyl halides is 3. The third kappa shape index (κ3) is 12.7. The van der Waals surface area contributed by atoms with E-state index in [0.717, 1.165) is 14.2 Å². The van der Waals surface area contributed by atoms with Crippen LogP contribution in [-0.2, 0) is 47.6 Å². The molecule has 0 heterocycles. The number of carbonyl (C=O) groups is 3. The highest BCUT2D eigenvalue weighted by Crippen LogP contribution is 2.26. The Morgan fingerprint density at radius 2 is 1.44 bits per heavy atom. The maximum Gasteiger partial charge on any atom is 0.534 e. The van der Waals surface area contributed by atoms with Crippen molar-refractivity contribution in [2.75, 3.05) is 41.7 Å². The lowest BCUT2D eigenvalue weighted by atomic mass is 10.3. The molecule has 0 N–H and O–H groups in total. The van der Waals surface area contributed by atoms with Gasteiger partial charge in [-0.05, 0) is 0 Å². The number of Topliss-reactive ketones (excluding diaryl/α,β-unsaturated/α-hetero) is 1. The normalized spacial score (nSPS) is 11.7. The quantitative estimate of drug-likeness (QED) is 0.127. The SMILES string of the molecule is COC/C(=C/C(=O)OC)OS(=O)(=O)C(F)(F)F.COCC(=O)CC(=O)OC. The second kappa shape index (κ2) is 13.1. The summed E-state index contributed by atoms with van der Waals surface area (Å²) in [6.07, 6.45) is 0.233. The van der Waals surface area contributed by atoms with Crippen LogP contribution in [0.1, 0.15) is 6.42 Å². The van der Waals surface area contributed by atoms with Gasteiger partial charge in [-0.3, -0.25) is 9.59 Å². The van der Waals surface area contributed by atoms with Crippen molar-refractivity contribution in [3.8, 4) is 0 Å². The maximum atomic E-state index is 12.0. The van der Waals surface area contributed by atoms with Crippen LogP contribution in [0.25, 0.3) is 0 Å². The molecule has 0 aliphatic rings. The molecule has 0 bridgehead atoms. The van der Waals surface area contributed by atoms with Crippen LogP contribution in [0.15, 0.2) is 11.8 Å². The zero-order chi connectivity index (χ0) is 21.7. The zero-order valence-corrected chi connectivity index (χ0v) is 15.6. The first-order chi connectivity index (χ1) is 12.3. The number of rotatable bonds is 9. The molecule has 27 heavy (non-hydrogen) atoms. The number of ketones is 1. The van der Waals surface area contributed by atoms with E-state index < -0.39 is 39.9 Å². The van der Waals surface area contributed by atoms with Crippen LogP contribution in [0.4, 0.5) is 13.2 Å². The Hall–Kier alpha value is -2.19. The lowest BCUT2D eigenvalue weighted by Gasteiger charge is -2.11. The van der Waals surface area contributed by atoms with Gasteiger partial charge in [-0.1, -0.05) is 0 Å². The third-order valence-corrected chi connectivity index (χ3v) is 3.14. The number of hydrogen-bond acceptors (Lipinski definition) is 10. The van der Waals surface area contributed by atoms with Crippen LogP contribution in [-0.4, -0.2) is 73.3 Å². The Kier molecular flexibility index (Phi) is 13.1. The van der Waals surface area contributed by atoms with Gasteiger partial charge in [0, 0.05) is 14.2 Å². The molecular formula is C13H19F3O10S. The van der Waals surface area contributed by atoms with Crippen molar-refractivity contribution in [1.82, 2.24) is 0 Å². The van der Waals surface area contributed by atoms with Crippen molar-refractivity contribution in [3.05, 3.63) is 11.8 Å². The van der Waals surface area contributed by atoms with E-state index in [2.05, 4.69) is 23.1 Å². The van der Waals surface area contributed by atoms with Crippen molar-refractivity contribution in [3.63, 3.8) is 0 Å². The van der Waals surface area contributed by atoms with Gasteiger partial charge in [0.1, 0.15) is 19.6 Å². The van der Waals surface area contributed by atoms with E-state index in [1.54, 1.807) is 0 Å². The van der Waals surface area contributed by atoms with Crippen LogP contribution in [0, 0.1) is 0 Å². The smallest absolute Gasteiger partial charge is 0.469 e. The molecule has 0 aromatic heterocycles. The maximum absolute atomic E-state index is 12.0. The minimum atomic E-state index is -5.83. The van der Waals surface area contributed by atoms with E-state index in [1.165, 1.54) is 14.2 Å². The fourth-order valence-electron chi connectivity index (χ4n) is 1.06. The highest BCUT2D eigenvalue weighted by atomic mass is 32.2. The molecule has 10 nitrogen and oxygen atoms in total. The first-order valence-electron chi connectivity index (χ1n) is 6.70. The largest absolute Gasteiger partial charge is 0.534 e. The molecule has 0 rings (SSSR count). The van der Waals surface area contributed by atoms with Gasteiger partial charge < -0.3 is 23.1 Å². The first-order valence-corrected chi connectivity index (χ1v) is 8.11. The summed E-state index contributed by atoms with van der Waals surface area (Å²) in [6.45, 7) is -0.667. The molecule has 0 unspecified atom stereocenters. The molecule has 0 aromatic carbocycles. The summed E-state index contributed by atoms with van der Waals surface area (Å²) < 4.78 is 78.0. The molecule has 0 radical (unpaired) electrons. The van der Waals surface area contributed by atoms with E-state index in [9.17, 15) is 36.0 Å². The molecule has 14 heteroatoms. The van der Waals surface area contributed by atoms with Gasteiger partial charge in [0.05, 0.1) is 20.3 Å². The molecule has 0 aliphatic carbocycles. The minimum absolute atomic E-state index is 0.0326. The lowest BCUT2D eigenvalue weighted by molar-refractivity contribution is -0.144. The van der Waals surface area contributed by atoms with E-state index in [4.69, 9.17) is 0 Å². The molecule has 0 amide bonds. The fourth-order valence-corrected chi connectivity index (χ4v) is 1.53. The van der Waals surface area contributed by atoms with Crippen LogP contribution < -0.4 is 0 Å². The Bertz CT molecular complexity index is 625. The number of esters is 2. The highest BCUT2D eigenvalue weighted by Gasteiger charge is 2.48. The second-order valence-electron chi connectivity index (χ2n) is 4.27. The molecule has 0 saturated heterocycles. The first kappa shape index (κ1) is 27.0. The second-order valence-corrected chi connectivity index (χ2v) is 5.81. The predicted molar refractivity (Wildman–Crippen MR) is 81.6 cm³/mol. The topological polar surface area (TPSA) is 132 Å². The van der Waals surface area contributed by atoms with Crippen molar-refractivity contribution < 1.29 is 59.1 Å². The summed E-state index contributed by atoms with van der Waals surface area (Å²) in [5, 5.41) is 0. The van der Waals surface area contributed by atoms with E-state index in [1.807, 2.05) is 0 Å². The average Bonchev–Trinajstić information content (AvgIpc) is 2.54. The van der Waals surface area contributed by atoms with Gasteiger partial charge >= 0.3 is 27.6 Å². The zero-order valence-electron chi connectivity index (χ0n) is 14.8. The van der Waals surface area contributed by atoms with Gasteiger partial charge in [0.25, 0.3) is 0 Å². The van der Waals surface area contributed by atoms with Gasteiger partial charge in [0.2, 0.25) is 0 Å². The van der Waals surface area contributed by atoms with Gasteiger partial charge in [-0.2, -0.15) is 21.6 Å². The summed E-state index contributed by atoms with van der Waals surface area (Å²) in [6, 6.07) is 0. The minimum Gasteiger partial charge on any atom is -0.469 e. The van der Waals surface area contributed by atoms with Crippen LogP contribution in [0.5, 0.6) is 0 Å². The van der Waals surface area contributed by atoms with E-state index in [-0.39, 0.29) is 18.8 Å². The molecule has 0 saturated carbocycles.